The first kappa shape index (κ1) is 11.9. The van der Waals surface area contributed by atoms with E-state index in [1.807, 2.05) is 4.84 Å². The molecule has 1 atom stereocenters. The van der Waals surface area contributed by atoms with Gasteiger partial charge in [-0.1, -0.05) is 6.07 Å². The third-order valence-electron chi connectivity index (χ3n) is 1.85. The Bertz CT molecular complexity index is 373. The van der Waals surface area contributed by atoms with Gasteiger partial charge in [0.2, 0.25) is 0 Å². The van der Waals surface area contributed by atoms with E-state index in [4.69, 9.17) is 16.9 Å². The fourth-order valence-corrected chi connectivity index (χ4v) is 1.25. The van der Waals surface area contributed by atoms with Gasteiger partial charge in [-0.3, -0.25) is 4.79 Å². The number of hydrogen-bond acceptors (Lipinski definition) is 2. The van der Waals surface area contributed by atoms with Gasteiger partial charge in [-0.2, -0.15) is 0 Å². The molecule has 0 bridgehead atoms. The van der Waals surface area contributed by atoms with Gasteiger partial charge in [-0.05, 0) is 35.9 Å². The first-order valence-electron chi connectivity index (χ1n) is 4.07. The van der Waals surface area contributed by atoms with Crippen molar-refractivity contribution in [1.82, 2.24) is 4.84 Å². The largest absolute Gasteiger partial charge is 0.480 e. The number of halogens is 3. The summed E-state index contributed by atoms with van der Waals surface area (Å²) >= 11 is 5.18. The van der Waals surface area contributed by atoms with Crippen LogP contribution >= 0.6 is 11.8 Å². The van der Waals surface area contributed by atoms with E-state index in [0.717, 1.165) is 12.1 Å². The number of rotatable bonds is 4. The van der Waals surface area contributed by atoms with E-state index < -0.39 is 23.6 Å². The van der Waals surface area contributed by atoms with E-state index >= 15 is 0 Å². The van der Waals surface area contributed by atoms with Crippen molar-refractivity contribution in [2.75, 3.05) is 0 Å². The van der Waals surface area contributed by atoms with Crippen LogP contribution in [0.25, 0.3) is 0 Å². The second-order valence-electron chi connectivity index (χ2n) is 2.95. The zero-order chi connectivity index (χ0) is 11.4. The van der Waals surface area contributed by atoms with Crippen LogP contribution in [0.5, 0.6) is 0 Å². The molecular formula is C9H8ClF2NO2. The molecule has 0 amide bonds. The van der Waals surface area contributed by atoms with E-state index in [-0.39, 0.29) is 6.42 Å². The molecule has 1 aromatic rings. The van der Waals surface area contributed by atoms with Gasteiger partial charge in [-0.25, -0.2) is 13.6 Å². The standard InChI is InChI=1S/C9H8ClF2NO2/c10-13-8(9(14)15)4-5-1-2-6(11)7(12)3-5/h1-3,8,13H,4H2,(H,14,15)/t8-/m0/s1. The highest BCUT2D eigenvalue weighted by molar-refractivity contribution is 6.14. The second-order valence-corrected chi connectivity index (χ2v) is 3.17. The topological polar surface area (TPSA) is 49.3 Å². The summed E-state index contributed by atoms with van der Waals surface area (Å²) in [5, 5.41) is 8.64. The number of nitrogens with one attached hydrogen (secondary N) is 1. The smallest absolute Gasteiger partial charge is 0.322 e. The van der Waals surface area contributed by atoms with Crippen LogP contribution in [0.2, 0.25) is 0 Å². The van der Waals surface area contributed by atoms with Gasteiger partial charge < -0.3 is 5.11 Å². The zero-order valence-corrected chi connectivity index (χ0v) is 8.26. The van der Waals surface area contributed by atoms with Crippen LogP contribution in [0, 0.1) is 11.6 Å². The van der Waals surface area contributed by atoms with Crippen molar-refractivity contribution in [1.29, 1.82) is 0 Å². The normalized spacial score (nSPS) is 12.5. The predicted molar refractivity (Wildman–Crippen MR) is 50.5 cm³/mol. The quantitative estimate of drug-likeness (QED) is 0.781. The molecule has 0 saturated heterocycles. The molecule has 0 heterocycles. The van der Waals surface area contributed by atoms with Crippen LogP contribution in [0.4, 0.5) is 8.78 Å². The van der Waals surface area contributed by atoms with Gasteiger partial charge in [0.15, 0.2) is 11.6 Å². The van der Waals surface area contributed by atoms with Crippen LogP contribution in [-0.2, 0) is 11.2 Å². The van der Waals surface area contributed by atoms with Gasteiger partial charge >= 0.3 is 5.97 Å². The molecule has 2 N–H and O–H groups in total. The molecule has 3 nitrogen and oxygen atoms in total. The van der Waals surface area contributed by atoms with Crippen molar-refractivity contribution in [3.63, 3.8) is 0 Å². The third-order valence-corrected chi connectivity index (χ3v) is 2.12. The van der Waals surface area contributed by atoms with Crippen molar-refractivity contribution in [2.24, 2.45) is 0 Å². The molecule has 0 fully saturated rings. The number of carboxylic acid groups (broad SMARTS) is 1. The Morgan fingerprint density at radius 3 is 2.60 bits per heavy atom. The van der Waals surface area contributed by atoms with Gasteiger partial charge in [0.1, 0.15) is 6.04 Å². The molecule has 15 heavy (non-hydrogen) atoms. The third kappa shape index (κ3) is 3.14. The van der Waals surface area contributed by atoms with Crippen LogP contribution in [0.15, 0.2) is 18.2 Å². The molecule has 0 aliphatic heterocycles. The number of hydrogen-bond donors (Lipinski definition) is 2. The number of benzene rings is 1. The molecule has 0 radical (unpaired) electrons. The lowest BCUT2D eigenvalue weighted by atomic mass is 10.1. The molecule has 0 aliphatic carbocycles. The summed E-state index contributed by atoms with van der Waals surface area (Å²) in [6.07, 6.45) is -0.0178. The van der Waals surface area contributed by atoms with E-state index in [2.05, 4.69) is 0 Å². The average Bonchev–Trinajstić information content (AvgIpc) is 2.19. The number of carboxylic acids is 1. The summed E-state index contributed by atoms with van der Waals surface area (Å²) in [4.78, 5) is 12.6. The van der Waals surface area contributed by atoms with E-state index in [9.17, 15) is 13.6 Å². The summed E-state index contributed by atoms with van der Waals surface area (Å²) < 4.78 is 25.3. The summed E-state index contributed by atoms with van der Waals surface area (Å²) in [5.41, 5.74) is 0.356. The Balaban J connectivity index is 2.80. The average molecular weight is 236 g/mol. The highest BCUT2D eigenvalue weighted by Crippen LogP contribution is 2.10. The predicted octanol–water partition coefficient (Wildman–Crippen LogP) is 1.70. The maximum Gasteiger partial charge on any atom is 0.322 e. The molecule has 6 heteroatoms. The van der Waals surface area contributed by atoms with Crippen molar-refractivity contribution in [2.45, 2.75) is 12.5 Å². The number of aliphatic carboxylic acids is 1. The lowest BCUT2D eigenvalue weighted by Gasteiger charge is -2.09. The lowest BCUT2D eigenvalue weighted by Crippen LogP contribution is -2.32. The van der Waals surface area contributed by atoms with Crippen LogP contribution < -0.4 is 4.84 Å². The van der Waals surface area contributed by atoms with Crippen molar-refractivity contribution < 1.29 is 18.7 Å². The molecular weight excluding hydrogens is 228 g/mol. The first-order valence-corrected chi connectivity index (χ1v) is 4.45. The van der Waals surface area contributed by atoms with Gasteiger partial charge in [0.05, 0.1) is 0 Å². The van der Waals surface area contributed by atoms with Crippen LogP contribution in [0.3, 0.4) is 0 Å². The first-order chi connectivity index (χ1) is 7.04. The molecule has 0 spiro atoms. The van der Waals surface area contributed by atoms with E-state index in [1.165, 1.54) is 6.07 Å². The monoisotopic (exact) mass is 235 g/mol. The van der Waals surface area contributed by atoms with Gasteiger partial charge in [0, 0.05) is 0 Å². The molecule has 0 unspecified atom stereocenters. The zero-order valence-electron chi connectivity index (χ0n) is 7.51. The van der Waals surface area contributed by atoms with E-state index in [0.29, 0.717) is 5.56 Å². The van der Waals surface area contributed by atoms with Crippen molar-refractivity contribution >= 4 is 17.7 Å². The Morgan fingerprint density at radius 2 is 2.13 bits per heavy atom. The molecule has 1 rings (SSSR count). The fraction of sp³-hybridized carbons (Fsp3) is 0.222. The molecule has 0 saturated carbocycles. The van der Waals surface area contributed by atoms with Crippen LogP contribution in [-0.4, -0.2) is 17.1 Å². The van der Waals surface area contributed by atoms with E-state index in [1.54, 1.807) is 0 Å². The Hall–Kier alpha value is -1.20. The lowest BCUT2D eigenvalue weighted by molar-refractivity contribution is -0.138. The molecule has 0 aliphatic rings. The number of carbonyl (C=O) groups is 1. The minimum Gasteiger partial charge on any atom is -0.480 e. The minimum absolute atomic E-state index is 0.0178. The summed E-state index contributed by atoms with van der Waals surface area (Å²) in [6, 6.07) is 2.16. The fourth-order valence-electron chi connectivity index (χ4n) is 1.07. The Labute approximate surface area is 89.8 Å². The highest BCUT2D eigenvalue weighted by Gasteiger charge is 2.17. The van der Waals surface area contributed by atoms with Gasteiger partial charge in [-0.15, -0.1) is 0 Å². The molecule has 1 aromatic carbocycles. The molecule has 0 aromatic heterocycles. The summed E-state index contributed by atoms with van der Waals surface area (Å²) in [7, 11) is 0. The Kier molecular flexibility index (Phi) is 3.99. The molecule has 82 valence electrons. The highest BCUT2D eigenvalue weighted by atomic mass is 35.5. The maximum absolute atomic E-state index is 12.8. The second kappa shape index (κ2) is 5.04. The van der Waals surface area contributed by atoms with Gasteiger partial charge in [0.25, 0.3) is 0 Å². The SMILES string of the molecule is O=C(O)[C@H](Cc1ccc(F)c(F)c1)NCl. The maximum atomic E-state index is 12.8. The Morgan fingerprint density at radius 1 is 1.47 bits per heavy atom. The van der Waals surface area contributed by atoms with Crippen molar-refractivity contribution in [3.8, 4) is 0 Å². The summed E-state index contributed by atoms with van der Waals surface area (Å²) in [6.45, 7) is 0. The minimum atomic E-state index is -1.16. The van der Waals surface area contributed by atoms with Crippen LogP contribution in [0.1, 0.15) is 5.56 Å². The summed E-state index contributed by atoms with van der Waals surface area (Å²) in [5.74, 6) is -3.13. The van der Waals surface area contributed by atoms with Crippen molar-refractivity contribution in [3.05, 3.63) is 35.4 Å².